The summed E-state index contributed by atoms with van der Waals surface area (Å²) >= 11 is 0. The summed E-state index contributed by atoms with van der Waals surface area (Å²) in [7, 11) is 1.64. The van der Waals surface area contributed by atoms with Gasteiger partial charge in [0, 0.05) is 31.1 Å². The Labute approximate surface area is 154 Å². The maximum atomic E-state index is 12.6. The average molecular weight is 352 g/mol. The zero-order valence-electron chi connectivity index (χ0n) is 15.0. The first-order chi connectivity index (χ1) is 12.7. The number of ether oxygens (including phenoxy) is 1. The van der Waals surface area contributed by atoms with Crippen LogP contribution >= 0.6 is 0 Å². The maximum Gasteiger partial charge on any atom is 0.251 e. The smallest absolute Gasteiger partial charge is 0.251 e. The second-order valence-corrected chi connectivity index (χ2v) is 6.47. The number of carbonyl (C=O) groups is 2. The molecule has 0 aliphatic heterocycles. The monoisotopic (exact) mass is 352 g/mol. The van der Waals surface area contributed by atoms with E-state index in [9.17, 15) is 9.59 Å². The fraction of sp³-hybridized carbons (Fsp3) is 0.333. The first kappa shape index (κ1) is 18.0. The second kappa shape index (κ2) is 8.52. The van der Waals surface area contributed by atoms with Crippen molar-refractivity contribution in [3.05, 3.63) is 65.7 Å². The predicted octanol–water partition coefficient (Wildman–Crippen LogP) is 3.01. The Kier molecular flexibility index (Phi) is 5.89. The molecular formula is C21H24N2O3. The SMILES string of the molecule is COc1ccc(CN(C(=O)CCNC(=O)c2ccccc2)C2CC2)cc1. The largest absolute Gasteiger partial charge is 0.497 e. The van der Waals surface area contributed by atoms with E-state index in [1.54, 1.807) is 19.2 Å². The number of rotatable bonds is 8. The van der Waals surface area contributed by atoms with Crippen molar-refractivity contribution in [2.24, 2.45) is 0 Å². The molecule has 0 atom stereocenters. The van der Waals surface area contributed by atoms with Crippen molar-refractivity contribution in [1.29, 1.82) is 0 Å². The van der Waals surface area contributed by atoms with Gasteiger partial charge in [-0.2, -0.15) is 0 Å². The van der Waals surface area contributed by atoms with Gasteiger partial charge in [0.15, 0.2) is 0 Å². The van der Waals surface area contributed by atoms with E-state index in [4.69, 9.17) is 4.74 Å². The topological polar surface area (TPSA) is 58.6 Å². The van der Waals surface area contributed by atoms with Crippen molar-refractivity contribution in [3.8, 4) is 5.75 Å². The predicted molar refractivity (Wildman–Crippen MR) is 100.0 cm³/mol. The zero-order chi connectivity index (χ0) is 18.4. The number of benzene rings is 2. The van der Waals surface area contributed by atoms with Crippen LogP contribution in [0.4, 0.5) is 0 Å². The van der Waals surface area contributed by atoms with E-state index in [0.29, 0.717) is 31.1 Å². The lowest BCUT2D eigenvalue weighted by Gasteiger charge is -2.23. The third-order valence-corrected chi connectivity index (χ3v) is 4.48. The second-order valence-electron chi connectivity index (χ2n) is 6.47. The van der Waals surface area contributed by atoms with Gasteiger partial charge in [-0.3, -0.25) is 9.59 Å². The number of nitrogens with one attached hydrogen (secondary N) is 1. The summed E-state index contributed by atoms with van der Waals surface area (Å²) in [5.74, 6) is 0.741. The van der Waals surface area contributed by atoms with E-state index in [-0.39, 0.29) is 11.8 Å². The van der Waals surface area contributed by atoms with Gasteiger partial charge in [-0.05, 0) is 42.7 Å². The Hall–Kier alpha value is -2.82. The Balaban J connectivity index is 1.51. The van der Waals surface area contributed by atoms with E-state index in [0.717, 1.165) is 24.2 Å². The van der Waals surface area contributed by atoms with Crippen molar-refractivity contribution in [2.45, 2.75) is 31.8 Å². The summed E-state index contributed by atoms with van der Waals surface area (Å²) < 4.78 is 5.17. The molecule has 1 aliphatic rings. The summed E-state index contributed by atoms with van der Waals surface area (Å²) in [4.78, 5) is 26.6. The summed E-state index contributed by atoms with van der Waals surface area (Å²) in [6.45, 7) is 0.943. The lowest BCUT2D eigenvalue weighted by Crippen LogP contribution is -2.35. The van der Waals surface area contributed by atoms with Crippen LogP contribution in [-0.4, -0.2) is 36.4 Å². The van der Waals surface area contributed by atoms with Crippen LogP contribution in [0.5, 0.6) is 5.75 Å². The lowest BCUT2D eigenvalue weighted by molar-refractivity contribution is -0.132. The third kappa shape index (κ3) is 4.85. The van der Waals surface area contributed by atoms with E-state index >= 15 is 0 Å². The molecule has 136 valence electrons. The molecule has 5 heteroatoms. The molecule has 26 heavy (non-hydrogen) atoms. The molecule has 1 N–H and O–H groups in total. The Bertz CT molecular complexity index is 740. The van der Waals surface area contributed by atoms with Gasteiger partial charge in [0.1, 0.15) is 5.75 Å². The number of hydrogen-bond donors (Lipinski definition) is 1. The van der Waals surface area contributed by atoms with Gasteiger partial charge in [0.05, 0.1) is 7.11 Å². The highest BCUT2D eigenvalue weighted by atomic mass is 16.5. The zero-order valence-corrected chi connectivity index (χ0v) is 15.0. The molecule has 0 unspecified atom stereocenters. The molecule has 1 saturated carbocycles. The van der Waals surface area contributed by atoms with Gasteiger partial charge < -0.3 is 15.0 Å². The number of carbonyl (C=O) groups excluding carboxylic acids is 2. The fourth-order valence-electron chi connectivity index (χ4n) is 2.85. The number of methoxy groups -OCH3 is 1. The average Bonchev–Trinajstić information content (AvgIpc) is 3.52. The molecule has 2 amide bonds. The highest BCUT2D eigenvalue weighted by Crippen LogP contribution is 2.29. The summed E-state index contributed by atoms with van der Waals surface area (Å²) in [6.07, 6.45) is 2.42. The van der Waals surface area contributed by atoms with Crippen LogP contribution in [0.2, 0.25) is 0 Å². The first-order valence-electron chi connectivity index (χ1n) is 8.93. The molecule has 0 heterocycles. The van der Waals surface area contributed by atoms with Crippen LogP contribution in [0.1, 0.15) is 35.2 Å². The number of nitrogens with zero attached hydrogens (tertiary/aromatic N) is 1. The lowest BCUT2D eigenvalue weighted by atomic mass is 10.2. The molecule has 1 aliphatic carbocycles. The van der Waals surface area contributed by atoms with Gasteiger partial charge in [0.25, 0.3) is 5.91 Å². The summed E-state index contributed by atoms with van der Waals surface area (Å²) in [5.41, 5.74) is 1.69. The van der Waals surface area contributed by atoms with Crippen molar-refractivity contribution >= 4 is 11.8 Å². The molecule has 2 aromatic carbocycles. The molecule has 0 spiro atoms. The van der Waals surface area contributed by atoms with Crippen molar-refractivity contribution < 1.29 is 14.3 Å². The van der Waals surface area contributed by atoms with Crippen molar-refractivity contribution in [1.82, 2.24) is 10.2 Å². The third-order valence-electron chi connectivity index (χ3n) is 4.48. The Morgan fingerprint density at radius 1 is 1.08 bits per heavy atom. The van der Waals surface area contributed by atoms with E-state index < -0.39 is 0 Å². The molecule has 0 aromatic heterocycles. The van der Waals surface area contributed by atoms with E-state index in [1.165, 1.54) is 0 Å². The van der Waals surface area contributed by atoms with E-state index in [1.807, 2.05) is 47.4 Å². The van der Waals surface area contributed by atoms with Crippen molar-refractivity contribution in [2.75, 3.05) is 13.7 Å². The quantitative estimate of drug-likeness (QED) is 0.794. The minimum absolute atomic E-state index is 0.0803. The van der Waals surface area contributed by atoms with Gasteiger partial charge in [-0.15, -0.1) is 0 Å². The standard InChI is InChI=1S/C21H24N2O3/c1-26-19-11-7-16(8-12-19)15-23(18-9-10-18)20(24)13-14-22-21(25)17-5-3-2-4-6-17/h2-8,11-12,18H,9-10,13-15H2,1H3,(H,22,25). The minimum Gasteiger partial charge on any atom is -0.497 e. The molecule has 1 fully saturated rings. The molecule has 0 saturated heterocycles. The molecule has 3 rings (SSSR count). The number of amides is 2. The highest BCUT2D eigenvalue weighted by molar-refractivity contribution is 5.94. The first-order valence-corrected chi connectivity index (χ1v) is 8.93. The normalized spacial score (nSPS) is 13.1. The van der Waals surface area contributed by atoms with Crippen LogP contribution in [0.3, 0.4) is 0 Å². The summed E-state index contributed by atoms with van der Waals surface area (Å²) in [5, 5.41) is 2.82. The minimum atomic E-state index is -0.147. The Morgan fingerprint density at radius 3 is 2.38 bits per heavy atom. The van der Waals surface area contributed by atoms with Gasteiger partial charge in [-0.1, -0.05) is 30.3 Å². The molecular weight excluding hydrogens is 328 g/mol. The van der Waals surface area contributed by atoms with Crippen LogP contribution in [0, 0.1) is 0 Å². The van der Waals surface area contributed by atoms with Crippen LogP contribution in [-0.2, 0) is 11.3 Å². The van der Waals surface area contributed by atoms with Crippen LogP contribution < -0.4 is 10.1 Å². The molecule has 0 radical (unpaired) electrons. The van der Waals surface area contributed by atoms with E-state index in [2.05, 4.69) is 5.32 Å². The Morgan fingerprint density at radius 2 is 1.77 bits per heavy atom. The van der Waals surface area contributed by atoms with Crippen LogP contribution in [0.25, 0.3) is 0 Å². The van der Waals surface area contributed by atoms with Gasteiger partial charge in [0.2, 0.25) is 5.91 Å². The maximum absolute atomic E-state index is 12.6. The molecule has 0 bridgehead atoms. The van der Waals surface area contributed by atoms with Gasteiger partial charge in [-0.25, -0.2) is 0 Å². The highest BCUT2D eigenvalue weighted by Gasteiger charge is 2.32. The van der Waals surface area contributed by atoms with Gasteiger partial charge >= 0.3 is 0 Å². The summed E-state index contributed by atoms with van der Waals surface area (Å²) in [6, 6.07) is 17.2. The fourth-order valence-corrected chi connectivity index (χ4v) is 2.85. The number of hydrogen-bond acceptors (Lipinski definition) is 3. The molecule has 5 nitrogen and oxygen atoms in total. The van der Waals surface area contributed by atoms with Crippen LogP contribution in [0.15, 0.2) is 54.6 Å². The van der Waals surface area contributed by atoms with Crippen molar-refractivity contribution in [3.63, 3.8) is 0 Å². The molecule has 2 aromatic rings.